The Kier molecular flexibility index (Phi) is 13.8. The second-order valence-electron chi connectivity index (χ2n) is 10.6. The van der Waals surface area contributed by atoms with Crippen molar-refractivity contribution in [1.82, 2.24) is 24.1 Å². The molecule has 0 saturated heterocycles. The molecule has 4 aromatic rings. The van der Waals surface area contributed by atoms with Crippen LogP contribution in [0.2, 0.25) is 10.0 Å². The van der Waals surface area contributed by atoms with Gasteiger partial charge < -0.3 is 9.47 Å². The molecule has 0 aliphatic heterocycles. The summed E-state index contributed by atoms with van der Waals surface area (Å²) in [6.07, 6.45) is -5.26. The van der Waals surface area contributed by atoms with Crippen molar-refractivity contribution < 1.29 is 49.8 Å². The Bertz CT molecular complexity index is 2000. The molecular formula is C30H26BrCl3F7N5O5. The zero-order valence-electron chi connectivity index (χ0n) is 26.9. The highest BCUT2D eigenvalue weighted by Gasteiger charge is 2.39. The third kappa shape index (κ3) is 9.64. The summed E-state index contributed by atoms with van der Waals surface area (Å²) in [6, 6.07) is 3.89. The van der Waals surface area contributed by atoms with Crippen molar-refractivity contribution in [3.8, 4) is 16.9 Å². The van der Waals surface area contributed by atoms with Crippen LogP contribution in [0, 0.1) is 18.6 Å². The van der Waals surface area contributed by atoms with Gasteiger partial charge in [0.1, 0.15) is 28.4 Å². The summed E-state index contributed by atoms with van der Waals surface area (Å²) in [4.78, 5) is 35.8. The molecule has 1 unspecified atom stereocenters. The Labute approximate surface area is 308 Å². The Hall–Kier alpha value is -3.61. The minimum Gasteiger partial charge on any atom is -0.465 e. The molecule has 0 fully saturated rings. The topological polar surface area (TPSA) is 110 Å². The van der Waals surface area contributed by atoms with E-state index in [1.54, 1.807) is 20.8 Å². The second-order valence-corrected chi connectivity index (χ2v) is 12.7. The Morgan fingerprint density at radius 3 is 2.14 bits per heavy atom. The fourth-order valence-electron chi connectivity index (χ4n) is 4.41. The zero-order chi connectivity index (χ0) is 38.7. The van der Waals surface area contributed by atoms with Crippen molar-refractivity contribution in [2.45, 2.75) is 58.3 Å². The van der Waals surface area contributed by atoms with E-state index in [0.29, 0.717) is 9.36 Å². The smallest absolute Gasteiger partial charge is 0.434 e. The van der Waals surface area contributed by atoms with Gasteiger partial charge in [-0.05, 0) is 73.5 Å². The summed E-state index contributed by atoms with van der Waals surface area (Å²) in [5, 5.41) is 6.02. The Morgan fingerprint density at radius 1 is 1.02 bits per heavy atom. The molecule has 1 atom stereocenters. The van der Waals surface area contributed by atoms with E-state index in [4.69, 9.17) is 44.3 Å². The number of benzene rings is 2. The molecule has 0 spiro atoms. The lowest BCUT2D eigenvalue weighted by Gasteiger charge is -2.12. The summed E-state index contributed by atoms with van der Waals surface area (Å²) in [5.74, 6) is -3.65. The molecule has 2 aromatic carbocycles. The van der Waals surface area contributed by atoms with Gasteiger partial charge in [-0.15, -0.1) is 16.7 Å². The first-order valence-electron chi connectivity index (χ1n) is 14.4. The van der Waals surface area contributed by atoms with Crippen molar-refractivity contribution in [2.24, 2.45) is 7.05 Å². The minimum absolute atomic E-state index is 0.0424. The van der Waals surface area contributed by atoms with E-state index < -0.39 is 63.6 Å². The highest BCUT2D eigenvalue weighted by Crippen LogP contribution is 2.41. The Morgan fingerprint density at radius 2 is 1.63 bits per heavy atom. The van der Waals surface area contributed by atoms with Crippen LogP contribution in [-0.4, -0.2) is 54.2 Å². The third-order valence-corrected chi connectivity index (χ3v) is 8.34. The van der Waals surface area contributed by atoms with Gasteiger partial charge in [-0.1, -0.05) is 23.2 Å². The maximum Gasteiger partial charge on any atom is 0.434 e. The standard InChI is InChI=1S/C15H12BrClF4N2O2.C15H14Cl2F3N3O3/c1-6(2)25-14(24)7-4-8(10(18)5-9(7)17)12-11(16)13(15(19,20)21)23(3)22-12;1-3-26-13(24)10(17)4-8-5-12(11(18)6-9(8)16)23-15(25)22(14(19)20)7(2)21-23/h4-6H,1-3H3;5-6,10,14H,3-4H2,1-2H3. The van der Waals surface area contributed by atoms with Gasteiger partial charge in [-0.2, -0.15) is 31.7 Å². The summed E-state index contributed by atoms with van der Waals surface area (Å²) >= 11 is 20.6. The summed E-state index contributed by atoms with van der Waals surface area (Å²) in [6.45, 7) is 3.03. The van der Waals surface area contributed by atoms with E-state index in [-0.39, 0.29) is 61.5 Å². The normalized spacial score (nSPS) is 12.2. The monoisotopic (exact) mass is 853 g/mol. The Balaban J connectivity index is 0.000000276. The molecule has 0 N–H and O–H groups in total. The number of rotatable bonds is 9. The van der Waals surface area contributed by atoms with Gasteiger partial charge in [-0.25, -0.2) is 22.9 Å². The fraction of sp³-hybridized carbons (Fsp3) is 0.367. The van der Waals surface area contributed by atoms with Crippen LogP contribution in [0.4, 0.5) is 30.7 Å². The van der Waals surface area contributed by atoms with Crippen molar-refractivity contribution in [2.75, 3.05) is 6.61 Å². The molecule has 21 heteroatoms. The highest BCUT2D eigenvalue weighted by molar-refractivity contribution is 9.10. The number of nitrogens with zero attached hydrogens (tertiary/aromatic N) is 5. The van der Waals surface area contributed by atoms with Crippen molar-refractivity contribution in [1.29, 1.82) is 0 Å². The van der Waals surface area contributed by atoms with Crippen LogP contribution in [0.15, 0.2) is 33.5 Å². The van der Waals surface area contributed by atoms with Gasteiger partial charge in [0, 0.05) is 24.1 Å². The molecule has 0 saturated carbocycles. The minimum atomic E-state index is -4.69. The van der Waals surface area contributed by atoms with Gasteiger partial charge in [0.2, 0.25) is 0 Å². The van der Waals surface area contributed by atoms with Gasteiger partial charge in [0.05, 0.1) is 27.8 Å². The van der Waals surface area contributed by atoms with E-state index >= 15 is 0 Å². The summed E-state index contributed by atoms with van der Waals surface area (Å²) in [5.41, 5.74) is -3.23. The zero-order valence-corrected chi connectivity index (χ0v) is 30.7. The first-order valence-corrected chi connectivity index (χ1v) is 16.3. The van der Waals surface area contributed by atoms with E-state index in [1.165, 1.54) is 6.92 Å². The molecule has 278 valence electrons. The number of halogens is 11. The first kappa shape index (κ1) is 41.8. The lowest BCUT2D eigenvalue weighted by Crippen LogP contribution is -2.25. The van der Waals surface area contributed by atoms with Gasteiger partial charge >= 0.3 is 30.4 Å². The molecule has 2 heterocycles. The van der Waals surface area contributed by atoms with Crippen LogP contribution in [0.1, 0.15) is 54.8 Å². The SMILES string of the molecule is CC(C)OC(=O)c1cc(-c2nn(C)c(C(F)(F)F)c2Br)c(F)cc1Cl.CCOC(=O)C(Cl)Cc1cc(-n2nc(C)n(C(F)F)c2=O)c(F)cc1Cl. The maximum atomic E-state index is 14.3. The number of alkyl halides is 6. The largest absolute Gasteiger partial charge is 0.465 e. The average molecular weight is 856 g/mol. The van der Waals surface area contributed by atoms with Gasteiger partial charge in [0.25, 0.3) is 0 Å². The van der Waals surface area contributed by atoms with Crippen LogP contribution in [0.5, 0.6) is 0 Å². The molecule has 0 radical (unpaired) electrons. The summed E-state index contributed by atoms with van der Waals surface area (Å²) in [7, 11) is 1.08. The van der Waals surface area contributed by atoms with Crippen LogP contribution in [0.25, 0.3) is 16.9 Å². The van der Waals surface area contributed by atoms with Gasteiger partial charge in [-0.3, -0.25) is 9.48 Å². The molecule has 0 bridgehead atoms. The van der Waals surface area contributed by atoms with Crippen molar-refractivity contribution >= 4 is 62.7 Å². The lowest BCUT2D eigenvalue weighted by molar-refractivity contribution is -0.144. The van der Waals surface area contributed by atoms with Crippen molar-refractivity contribution in [3.63, 3.8) is 0 Å². The number of carbonyl (C=O) groups is 2. The van der Waals surface area contributed by atoms with Crippen LogP contribution in [0.3, 0.4) is 0 Å². The molecule has 2 aromatic heterocycles. The number of hydrogen-bond donors (Lipinski definition) is 0. The molecule has 51 heavy (non-hydrogen) atoms. The lowest BCUT2D eigenvalue weighted by atomic mass is 10.1. The van der Waals surface area contributed by atoms with E-state index in [2.05, 4.69) is 26.1 Å². The van der Waals surface area contributed by atoms with Crippen LogP contribution in [-0.2, 0) is 33.9 Å². The maximum absolute atomic E-state index is 14.3. The first-order chi connectivity index (χ1) is 23.6. The molecule has 4 rings (SSSR count). The summed E-state index contributed by atoms with van der Waals surface area (Å²) < 4.78 is 104. The number of hydrogen-bond acceptors (Lipinski definition) is 7. The van der Waals surface area contributed by atoms with E-state index in [1.807, 2.05) is 0 Å². The fourth-order valence-corrected chi connectivity index (χ4v) is 5.87. The van der Waals surface area contributed by atoms with E-state index in [0.717, 1.165) is 31.3 Å². The number of aryl methyl sites for hydroxylation is 2. The molecule has 10 nitrogen and oxygen atoms in total. The van der Waals surface area contributed by atoms with Gasteiger partial charge in [0.15, 0.2) is 11.5 Å². The third-order valence-electron chi connectivity index (χ3n) is 6.59. The average Bonchev–Trinajstić information content (AvgIpc) is 3.47. The molecule has 0 aliphatic rings. The highest BCUT2D eigenvalue weighted by atomic mass is 79.9. The van der Waals surface area contributed by atoms with Crippen LogP contribution >= 0.6 is 50.7 Å². The molecular weight excluding hydrogens is 830 g/mol. The number of ether oxygens (including phenoxy) is 2. The predicted octanol–water partition coefficient (Wildman–Crippen LogP) is 8.47. The van der Waals surface area contributed by atoms with E-state index in [9.17, 15) is 45.1 Å². The number of esters is 2. The van der Waals surface area contributed by atoms with Crippen LogP contribution < -0.4 is 5.69 Å². The quantitative estimate of drug-likeness (QED) is 0.0945. The molecule has 0 amide bonds. The predicted molar refractivity (Wildman–Crippen MR) is 176 cm³/mol. The second kappa shape index (κ2) is 16.8. The molecule has 0 aliphatic carbocycles. The van der Waals surface area contributed by atoms with Crippen molar-refractivity contribution in [3.05, 3.63) is 83.5 Å². The number of carbonyl (C=O) groups excluding carboxylic acids is 2. The number of aromatic nitrogens is 5.